The number of rotatable bonds is 5. The molecule has 0 saturated carbocycles. The molecule has 2 aromatic rings. The van der Waals surface area contributed by atoms with E-state index in [0.717, 1.165) is 12.8 Å². The van der Waals surface area contributed by atoms with E-state index in [2.05, 4.69) is 10.5 Å². The fourth-order valence-corrected chi connectivity index (χ4v) is 4.73. The van der Waals surface area contributed by atoms with Crippen molar-refractivity contribution in [1.82, 2.24) is 9.73 Å². The number of hydrogen-bond acceptors (Lipinski definition) is 4. The van der Waals surface area contributed by atoms with Gasteiger partial charge in [-0.1, -0.05) is 35.3 Å². The molecule has 1 aliphatic rings. The molecule has 9 heteroatoms. The number of nitrogens with zero attached hydrogens (tertiary/aromatic N) is 2. The molecule has 0 aliphatic carbocycles. The first-order valence-corrected chi connectivity index (χ1v) is 10.5. The second kappa shape index (κ2) is 8.39. The van der Waals surface area contributed by atoms with Gasteiger partial charge in [-0.25, -0.2) is 13.8 Å². The monoisotopic (exact) mass is 425 g/mol. The highest BCUT2D eigenvalue weighted by atomic mass is 35.5. The maximum Gasteiger partial charge on any atom is 0.271 e. The Balaban J connectivity index is 1.73. The lowest BCUT2D eigenvalue weighted by molar-refractivity contribution is 0.0955. The van der Waals surface area contributed by atoms with Crippen molar-refractivity contribution >= 4 is 45.3 Å². The lowest BCUT2D eigenvalue weighted by atomic mass is 10.2. The van der Waals surface area contributed by atoms with Crippen LogP contribution in [0.2, 0.25) is 10.0 Å². The van der Waals surface area contributed by atoms with Gasteiger partial charge in [0.2, 0.25) is 10.0 Å². The van der Waals surface area contributed by atoms with E-state index in [1.54, 1.807) is 18.2 Å². The van der Waals surface area contributed by atoms with Gasteiger partial charge in [0, 0.05) is 29.2 Å². The van der Waals surface area contributed by atoms with Gasteiger partial charge >= 0.3 is 0 Å². The van der Waals surface area contributed by atoms with Crippen LogP contribution in [0.15, 0.2) is 52.5 Å². The molecule has 3 rings (SSSR count). The third-order valence-corrected chi connectivity index (χ3v) is 6.59. The summed E-state index contributed by atoms with van der Waals surface area (Å²) in [5.74, 6) is -0.519. The first kappa shape index (κ1) is 19.8. The van der Waals surface area contributed by atoms with Gasteiger partial charge in [0.1, 0.15) is 0 Å². The van der Waals surface area contributed by atoms with Crippen molar-refractivity contribution in [2.24, 2.45) is 5.10 Å². The van der Waals surface area contributed by atoms with Crippen LogP contribution in [-0.2, 0) is 10.0 Å². The van der Waals surface area contributed by atoms with Crippen LogP contribution >= 0.6 is 23.2 Å². The molecule has 1 N–H and O–H groups in total. The molecule has 0 atom stereocenters. The molecule has 0 aromatic heterocycles. The molecule has 1 amide bonds. The Bertz CT molecular complexity index is 987. The number of carbonyl (C=O) groups excluding carboxylic acids is 1. The number of benzene rings is 2. The summed E-state index contributed by atoms with van der Waals surface area (Å²) in [6, 6.07) is 10.8. The number of hydrazone groups is 1. The normalized spacial score (nSPS) is 15.3. The van der Waals surface area contributed by atoms with Crippen LogP contribution in [0.25, 0.3) is 0 Å². The van der Waals surface area contributed by atoms with Gasteiger partial charge in [0.05, 0.1) is 16.1 Å². The number of sulfonamides is 1. The minimum absolute atomic E-state index is 0.0989. The molecular formula is C18H17Cl2N3O3S. The van der Waals surface area contributed by atoms with E-state index in [-0.39, 0.29) is 10.5 Å². The van der Waals surface area contributed by atoms with Crippen LogP contribution in [0.5, 0.6) is 0 Å². The van der Waals surface area contributed by atoms with Crippen molar-refractivity contribution in [3.8, 4) is 0 Å². The Labute approximate surface area is 167 Å². The third kappa shape index (κ3) is 4.68. The summed E-state index contributed by atoms with van der Waals surface area (Å²) in [7, 11) is -3.58. The predicted octanol–water partition coefficient (Wildman–Crippen LogP) is 3.54. The molecule has 1 saturated heterocycles. The van der Waals surface area contributed by atoms with Crippen molar-refractivity contribution in [3.05, 3.63) is 63.6 Å². The van der Waals surface area contributed by atoms with Gasteiger partial charge in [-0.2, -0.15) is 9.41 Å². The van der Waals surface area contributed by atoms with Crippen LogP contribution < -0.4 is 5.43 Å². The Morgan fingerprint density at radius 2 is 1.85 bits per heavy atom. The third-order valence-electron chi connectivity index (χ3n) is 4.13. The van der Waals surface area contributed by atoms with E-state index in [1.807, 2.05) is 0 Å². The molecular weight excluding hydrogens is 409 g/mol. The zero-order chi connectivity index (χ0) is 19.4. The Morgan fingerprint density at radius 1 is 1.11 bits per heavy atom. The SMILES string of the molecule is O=C(N/N=C/c1ccc(Cl)cc1Cl)c1cccc(S(=O)(=O)N2CCCC2)c1. The van der Waals surface area contributed by atoms with E-state index < -0.39 is 15.9 Å². The van der Waals surface area contributed by atoms with Gasteiger partial charge in [-0.15, -0.1) is 0 Å². The predicted molar refractivity (Wildman–Crippen MR) is 106 cm³/mol. The van der Waals surface area contributed by atoms with Crippen LogP contribution in [0.4, 0.5) is 0 Å². The minimum Gasteiger partial charge on any atom is -0.267 e. The highest BCUT2D eigenvalue weighted by Gasteiger charge is 2.27. The summed E-state index contributed by atoms with van der Waals surface area (Å²) in [5, 5.41) is 4.77. The number of amides is 1. The standard InChI is InChI=1S/C18H17Cl2N3O3S/c19-15-7-6-14(17(20)11-15)12-21-22-18(24)13-4-3-5-16(10-13)27(25,26)23-8-1-2-9-23/h3-7,10-12H,1-2,8-9H2,(H,22,24)/b21-12+. The summed E-state index contributed by atoms with van der Waals surface area (Å²) in [5.41, 5.74) is 3.16. The van der Waals surface area contributed by atoms with Crippen LogP contribution in [0, 0.1) is 0 Å². The quantitative estimate of drug-likeness (QED) is 0.587. The van der Waals surface area contributed by atoms with Gasteiger partial charge in [-0.05, 0) is 43.2 Å². The maximum atomic E-state index is 12.6. The molecule has 0 bridgehead atoms. The van der Waals surface area contributed by atoms with E-state index >= 15 is 0 Å². The summed E-state index contributed by atoms with van der Waals surface area (Å²) in [6.45, 7) is 1.01. The maximum absolute atomic E-state index is 12.6. The molecule has 1 aliphatic heterocycles. The molecule has 1 fully saturated rings. The molecule has 2 aromatic carbocycles. The fourth-order valence-electron chi connectivity index (χ4n) is 2.71. The zero-order valence-electron chi connectivity index (χ0n) is 14.2. The number of carbonyl (C=O) groups is 1. The van der Waals surface area contributed by atoms with Gasteiger partial charge in [-0.3, -0.25) is 4.79 Å². The second-order valence-electron chi connectivity index (χ2n) is 6.00. The highest BCUT2D eigenvalue weighted by Crippen LogP contribution is 2.22. The van der Waals surface area contributed by atoms with Crippen LogP contribution in [0.1, 0.15) is 28.8 Å². The number of nitrogens with one attached hydrogen (secondary N) is 1. The van der Waals surface area contributed by atoms with E-state index in [1.165, 1.54) is 34.8 Å². The molecule has 1 heterocycles. The largest absolute Gasteiger partial charge is 0.271 e. The first-order valence-electron chi connectivity index (χ1n) is 8.26. The van der Waals surface area contributed by atoms with Crippen LogP contribution in [-0.4, -0.2) is 37.9 Å². The molecule has 27 heavy (non-hydrogen) atoms. The average molecular weight is 426 g/mol. The summed E-state index contributed by atoms with van der Waals surface area (Å²) < 4.78 is 26.7. The molecule has 0 radical (unpaired) electrons. The van der Waals surface area contributed by atoms with Crippen molar-refractivity contribution < 1.29 is 13.2 Å². The van der Waals surface area contributed by atoms with E-state index in [4.69, 9.17) is 23.2 Å². The van der Waals surface area contributed by atoms with Crippen molar-refractivity contribution in [2.75, 3.05) is 13.1 Å². The summed E-state index contributed by atoms with van der Waals surface area (Å²) >= 11 is 11.9. The number of halogens is 2. The molecule has 142 valence electrons. The zero-order valence-corrected chi connectivity index (χ0v) is 16.6. The second-order valence-corrected chi connectivity index (χ2v) is 8.79. The van der Waals surface area contributed by atoms with Gasteiger partial charge < -0.3 is 0 Å². The van der Waals surface area contributed by atoms with E-state index in [9.17, 15) is 13.2 Å². The average Bonchev–Trinajstić information content (AvgIpc) is 3.19. The first-order chi connectivity index (χ1) is 12.9. The fraction of sp³-hybridized carbons (Fsp3) is 0.222. The molecule has 6 nitrogen and oxygen atoms in total. The smallest absolute Gasteiger partial charge is 0.267 e. The van der Waals surface area contributed by atoms with Crippen molar-refractivity contribution in [3.63, 3.8) is 0 Å². The van der Waals surface area contributed by atoms with Gasteiger partial charge in [0.15, 0.2) is 0 Å². The Morgan fingerprint density at radius 3 is 2.56 bits per heavy atom. The number of hydrogen-bond donors (Lipinski definition) is 1. The Kier molecular flexibility index (Phi) is 6.16. The van der Waals surface area contributed by atoms with Crippen molar-refractivity contribution in [2.45, 2.75) is 17.7 Å². The molecule has 0 unspecified atom stereocenters. The summed E-state index contributed by atoms with van der Waals surface area (Å²) in [4.78, 5) is 12.4. The highest BCUT2D eigenvalue weighted by molar-refractivity contribution is 7.89. The minimum atomic E-state index is -3.58. The van der Waals surface area contributed by atoms with Crippen LogP contribution in [0.3, 0.4) is 0 Å². The van der Waals surface area contributed by atoms with Gasteiger partial charge in [0.25, 0.3) is 5.91 Å². The lowest BCUT2D eigenvalue weighted by Gasteiger charge is -2.15. The topological polar surface area (TPSA) is 78.8 Å². The summed E-state index contributed by atoms with van der Waals surface area (Å²) in [6.07, 6.45) is 3.09. The van der Waals surface area contributed by atoms with Crippen molar-refractivity contribution in [1.29, 1.82) is 0 Å². The lowest BCUT2D eigenvalue weighted by Crippen LogP contribution is -2.28. The van der Waals surface area contributed by atoms with E-state index in [0.29, 0.717) is 28.7 Å². The molecule has 0 spiro atoms. The Hall–Kier alpha value is -1.93.